The average molecular weight is 365 g/mol. The molecule has 0 nitrogen and oxygen atoms in total. The van der Waals surface area contributed by atoms with Gasteiger partial charge >= 0.3 is 119 Å². The van der Waals surface area contributed by atoms with E-state index < -0.39 is 16.6 Å². The van der Waals surface area contributed by atoms with Crippen molar-refractivity contribution < 1.29 is 16.6 Å². The van der Waals surface area contributed by atoms with Gasteiger partial charge in [0.15, 0.2) is 0 Å². The zero-order valence-corrected chi connectivity index (χ0v) is 17.6. The van der Waals surface area contributed by atoms with Gasteiger partial charge in [-0.05, 0) is 0 Å². The van der Waals surface area contributed by atoms with E-state index in [1.807, 2.05) is 7.76 Å². The van der Waals surface area contributed by atoms with Crippen molar-refractivity contribution in [3.05, 3.63) is 42.2 Å². The van der Waals surface area contributed by atoms with Crippen LogP contribution in [0.5, 0.6) is 0 Å². The number of rotatable bonds is 2. The Morgan fingerprint density at radius 2 is 1.15 bits per heavy atom. The van der Waals surface area contributed by atoms with Crippen LogP contribution < -0.4 is 0 Å². The van der Waals surface area contributed by atoms with Crippen LogP contribution in [0.1, 0.15) is 40.5 Å². The van der Waals surface area contributed by atoms with E-state index in [1.165, 1.54) is 12.8 Å². The summed E-state index contributed by atoms with van der Waals surface area (Å²) in [6.07, 6.45) is 7.26. The molecular weight excluding hydrogens is 339 g/mol. The van der Waals surface area contributed by atoms with Crippen molar-refractivity contribution in [1.82, 2.24) is 0 Å². The molecule has 0 unspecified atom stereocenters. The van der Waals surface area contributed by atoms with Crippen LogP contribution in [0, 0.1) is 0 Å². The summed E-state index contributed by atoms with van der Waals surface area (Å²) in [4.78, 5) is 0. The molecule has 0 bridgehead atoms. The van der Waals surface area contributed by atoms with Gasteiger partial charge in [0.2, 0.25) is 0 Å². The molecule has 0 radical (unpaired) electrons. The fourth-order valence-corrected chi connectivity index (χ4v) is 15.5. The third kappa shape index (κ3) is 3.81. The number of allylic oxidation sites excluding steroid dienone is 8. The first-order valence-electron chi connectivity index (χ1n) is 6.85. The quantitative estimate of drug-likeness (QED) is 0.531. The van der Waals surface area contributed by atoms with Crippen LogP contribution in [0.2, 0.25) is 13.1 Å². The summed E-state index contributed by atoms with van der Waals surface area (Å²) in [6, 6.07) is 0. The number of hydrogen-bond acceptors (Lipinski definition) is 0. The van der Waals surface area contributed by atoms with Crippen molar-refractivity contribution in [3.8, 4) is 0 Å². The van der Waals surface area contributed by atoms with E-state index in [4.69, 9.17) is 0 Å². The Balaban J connectivity index is 0.00000180. The second-order valence-corrected chi connectivity index (χ2v) is 17.6. The predicted molar refractivity (Wildman–Crippen MR) is 94.1 cm³/mol. The summed E-state index contributed by atoms with van der Waals surface area (Å²) in [6.45, 7) is 14.4. The Bertz CT molecular complexity index is 515. The third-order valence-electron chi connectivity index (χ3n) is 4.42. The van der Waals surface area contributed by atoms with Crippen molar-refractivity contribution in [2.45, 2.75) is 53.6 Å². The molecule has 0 N–H and O–H groups in total. The smallest absolute Gasteiger partial charge is 0.147 e. The first kappa shape index (κ1) is 20.5. The first-order valence-corrected chi connectivity index (χ1v) is 13.3. The fraction of sp³-hybridized carbons (Fsp3) is 0.500. The molecule has 0 aromatic carbocycles. The molecule has 0 heterocycles. The summed E-state index contributed by atoms with van der Waals surface area (Å²) < 4.78 is 3.76. The van der Waals surface area contributed by atoms with Gasteiger partial charge in [0.25, 0.3) is 0 Å². The summed E-state index contributed by atoms with van der Waals surface area (Å²) in [7, 11) is 0. The Hall–Kier alpha value is 0.471. The van der Waals surface area contributed by atoms with Crippen LogP contribution in [0.4, 0.5) is 0 Å². The minimum absolute atomic E-state index is 0. The van der Waals surface area contributed by atoms with Gasteiger partial charge in [-0.1, -0.05) is 0 Å². The monoisotopic (exact) mass is 364 g/mol. The molecule has 20 heavy (non-hydrogen) atoms. The van der Waals surface area contributed by atoms with Crippen molar-refractivity contribution in [2.75, 3.05) is 0 Å². The first-order chi connectivity index (χ1) is 8.43. The molecular formula is C16H26Cl2SiTi. The van der Waals surface area contributed by atoms with Crippen LogP contribution in [-0.2, 0) is 16.6 Å². The number of hydrogen-bond donors (Lipinski definition) is 0. The van der Waals surface area contributed by atoms with Gasteiger partial charge in [0, 0.05) is 0 Å². The van der Waals surface area contributed by atoms with Gasteiger partial charge in [-0.25, -0.2) is 0 Å². The van der Waals surface area contributed by atoms with Crippen molar-refractivity contribution in [1.29, 1.82) is 0 Å². The molecule has 0 aromatic heterocycles. The molecule has 2 aliphatic carbocycles. The van der Waals surface area contributed by atoms with E-state index in [9.17, 15) is 0 Å². The van der Waals surface area contributed by atoms with E-state index in [-0.39, 0.29) is 31.0 Å². The van der Waals surface area contributed by atoms with Crippen LogP contribution in [0.25, 0.3) is 0 Å². The predicted octanol–water partition coefficient (Wildman–Crippen LogP) is 5.95. The van der Waals surface area contributed by atoms with Crippen LogP contribution in [-0.4, -0.2) is 6.19 Å². The van der Waals surface area contributed by atoms with Gasteiger partial charge in [-0.15, -0.1) is 24.8 Å². The second kappa shape index (κ2) is 8.20. The molecule has 0 saturated heterocycles. The van der Waals surface area contributed by atoms with Crippen molar-refractivity contribution in [3.63, 3.8) is 0 Å². The van der Waals surface area contributed by atoms with E-state index in [1.54, 1.807) is 22.3 Å². The molecule has 0 fully saturated rings. The molecule has 2 aliphatic rings. The minimum atomic E-state index is -1.17. The van der Waals surface area contributed by atoms with Crippen LogP contribution in [0.3, 0.4) is 0 Å². The Kier molecular flexibility index (Phi) is 8.39. The van der Waals surface area contributed by atoms with Gasteiger partial charge in [0.1, 0.15) is 0 Å². The SMILES string of the molecule is CC1=CC[C]([Ti]([C]2=C(C)C(C)=CC2)=[Si](C)C)=C1C.Cl.Cl. The standard InChI is InChI=1S/2C7H9.C2H6Si.2ClH.Ti/c2*1-6-4-3-5-7(6)2;1-3-2;;;/h2*4H,3H2,1-2H3;1-2H3;2*1H;. The molecule has 0 aromatic rings. The van der Waals surface area contributed by atoms with Gasteiger partial charge < -0.3 is 0 Å². The zero-order valence-electron chi connectivity index (χ0n) is 13.4. The molecule has 4 heteroatoms. The molecule has 0 atom stereocenters. The average Bonchev–Trinajstić information content (AvgIpc) is 2.79. The summed E-state index contributed by atoms with van der Waals surface area (Å²) >= 11 is -1.17. The molecule has 2 rings (SSSR count). The zero-order chi connectivity index (χ0) is 13.4. The normalized spacial score (nSPS) is 17.5. The minimum Gasteiger partial charge on any atom is -0.147 e. The number of halogens is 2. The maximum atomic E-state index is 2.54. The Morgan fingerprint density at radius 3 is 1.35 bits per heavy atom. The second-order valence-electron chi connectivity index (χ2n) is 5.76. The largest absolute Gasteiger partial charge is 0.147 e. The van der Waals surface area contributed by atoms with E-state index in [0.717, 1.165) is 0 Å². The van der Waals surface area contributed by atoms with Crippen molar-refractivity contribution >= 4 is 31.0 Å². The topological polar surface area (TPSA) is 0 Å². The van der Waals surface area contributed by atoms with Gasteiger partial charge in [0.05, 0.1) is 0 Å². The maximum Gasteiger partial charge on any atom is -0.147 e. The van der Waals surface area contributed by atoms with Gasteiger partial charge in [-0.3, -0.25) is 0 Å². The molecule has 0 amide bonds. The maximum absolute atomic E-state index is 2.54. The molecule has 0 saturated carbocycles. The fourth-order valence-electron chi connectivity index (χ4n) is 2.96. The van der Waals surface area contributed by atoms with E-state index in [2.05, 4.69) is 52.9 Å². The Morgan fingerprint density at radius 1 is 0.800 bits per heavy atom. The van der Waals surface area contributed by atoms with E-state index in [0.29, 0.717) is 0 Å². The van der Waals surface area contributed by atoms with E-state index >= 15 is 0 Å². The molecule has 0 aliphatic heterocycles. The Labute approximate surface area is 143 Å². The van der Waals surface area contributed by atoms with Gasteiger partial charge in [-0.2, -0.15) is 0 Å². The molecule has 0 spiro atoms. The third-order valence-corrected chi connectivity index (χ3v) is 16.3. The van der Waals surface area contributed by atoms with Crippen LogP contribution >= 0.6 is 24.8 Å². The van der Waals surface area contributed by atoms with Crippen LogP contribution in [0.15, 0.2) is 42.2 Å². The summed E-state index contributed by atoms with van der Waals surface area (Å²) in [5.74, 6) is 0. The van der Waals surface area contributed by atoms with Crippen molar-refractivity contribution in [2.24, 2.45) is 0 Å². The molecule has 112 valence electrons. The summed E-state index contributed by atoms with van der Waals surface area (Å²) in [5, 5.41) is 0. The summed E-state index contributed by atoms with van der Waals surface area (Å²) in [5.41, 5.74) is 6.36.